The van der Waals surface area contributed by atoms with Crippen molar-refractivity contribution in [1.29, 1.82) is 0 Å². The van der Waals surface area contributed by atoms with Crippen molar-refractivity contribution in [3.8, 4) is 0 Å². The Bertz CT molecular complexity index is 514. The summed E-state index contributed by atoms with van der Waals surface area (Å²) in [5.74, 6) is -2.83. The topological polar surface area (TPSA) is 95.0 Å². The third-order valence-corrected chi connectivity index (χ3v) is 4.23. The van der Waals surface area contributed by atoms with Crippen LogP contribution < -0.4 is 10.4 Å². The standard InChI is InChI=1S/C11H11N3O3S/c15-9(13-11-14-12-4-18-11)7-5-1-2-6(3-5)8(7)10(16)17/h1-2,4-8H,3H2,(H,16,17)(H,13,14,15)/p-1. The quantitative estimate of drug-likeness (QED) is 0.754. The van der Waals surface area contributed by atoms with E-state index < -0.39 is 17.8 Å². The van der Waals surface area contributed by atoms with Gasteiger partial charge in [0.15, 0.2) is 0 Å². The zero-order chi connectivity index (χ0) is 12.7. The third-order valence-electron chi connectivity index (χ3n) is 3.62. The van der Waals surface area contributed by atoms with E-state index in [1.54, 1.807) is 0 Å². The second-order valence-corrected chi connectivity index (χ2v) is 5.39. The molecule has 1 N–H and O–H groups in total. The number of aliphatic carboxylic acids is 1. The van der Waals surface area contributed by atoms with E-state index in [9.17, 15) is 14.7 Å². The van der Waals surface area contributed by atoms with Crippen LogP contribution >= 0.6 is 11.3 Å². The van der Waals surface area contributed by atoms with Crippen LogP contribution in [0, 0.1) is 23.7 Å². The molecule has 7 heteroatoms. The summed E-state index contributed by atoms with van der Waals surface area (Å²) in [6.45, 7) is 0. The molecule has 0 radical (unpaired) electrons. The van der Waals surface area contributed by atoms with Crippen molar-refractivity contribution in [2.45, 2.75) is 6.42 Å². The van der Waals surface area contributed by atoms with Gasteiger partial charge in [-0.05, 0) is 18.3 Å². The number of carbonyl (C=O) groups is 2. The van der Waals surface area contributed by atoms with Crippen LogP contribution in [-0.4, -0.2) is 22.1 Å². The Balaban J connectivity index is 1.80. The molecular weight excluding hydrogens is 254 g/mol. The Kier molecular flexibility index (Phi) is 2.62. The van der Waals surface area contributed by atoms with Gasteiger partial charge in [0.1, 0.15) is 5.51 Å². The van der Waals surface area contributed by atoms with E-state index in [1.807, 2.05) is 12.2 Å². The molecule has 1 amide bonds. The van der Waals surface area contributed by atoms with Gasteiger partial charge >= 0.3 is 0 Å². The molecule has 2 aliphatic carbocycles. The molecule has 6 nitrogen and oxygen atoms in total. The van der Waals surface area contributed by atoms with Crippen molar-refractivity contribution in [3.63, 3.8) is 0 Å². The van der Waals surface area contributed by atoms with Crippen molar-refractivity contribution >= 4 is 28.3 Å². The number of carboxylic acids is 1. The number of carboxylic acid groups (broad SMARTS) is 1. The maximum absolute atomic E-state index is 12.1. The maximum atomic E-state index is 12.1. The van der Waals surface area contributed by atoms with Gasteiger partial charge in [-0.25, -0.2) is 0 Å². The van der Waals surface area contributed by atoms with Crippen molar-refractivity contribution in [2.75, 3.05) is 5.32 Å². The third kappa shape index (κ3) is 1.71. The average molecular weight is 264 g/mol. The van der Waals surface area contributed by atoms with E-state index in [1.165, 1.54) is 16.8 Å². The summed E-state index contributed by atoms with van der Waals surface area (Å²) < 4.78 is 0. The van der Waals surface area contributed by atoms with Crippen LogP contribution in [0.5, 0.6) is 0 Å². The average Bonchev–Trinajstić information content (AvgIpc) is 3.03. The summed E-state index contributed by atoms with van der Waals surface area (Å²) >= 11 is 1.20. The van der Waals surface area contributed by atoms with Gasteiger partial charge in [-0.2, -0.15) is 0 Å². The normalized spacial score (nSPS) is 32.7. The van der Waals surface area contributed by atoms with Gasteiger partial charge in [-0.15, -0.1) is 10.2 Å². The number of aromatic nitrogens is 2. The number of rotatable bonds is 3. The SMILES string of the molecule is O=C([O-])C1C2C=CC(C2)C1C(=O)Nc1nncs1. The van der Waals surface area contributed by atoms with E-state index in [-0.39, 0.29) is 17.7 Å². The first-order chi connectivity index (χ1) is 8.66. The lowest BCUT2D eigenvalue weighted by Gasteiger charge is -2.27. The lowest BCUT2D eigenvalue weighted by atomic mass is 9.82. The fraction of sp³-hybridized carbons (Fsp3) is 0.455. The highest BCUT2D eigenvalue weighted by Gasteiger charge is 2.48. The van der Waals surface area contributed by atoms with Crippen LogP contribution in [0.4, 0.5) is 5.13 Å². The van der Waals surface area contributed by atoms with Gasteiger partial charge < -0.3 is 15.2 Å². The molecule has 0 aliphatic heterocycles. The first-order valence-corrected chi connectivity index (χ1v) is 6.51. The number of nitrogens with zero attached hydrogens (tertiary/aromatic N) is 2. The number of amides is 1. The molecule has 3 rings (SSSR count). The molecule has 1 aromatic rings. The summed E-state index contributed by atoms with van der Waals surface area (Å²) in [5, 5.41) is 21.5. The number of hydrogen-bond donors (Lipinski definition) is 1. The fourth-order valence-corrected chi connectivity index (χ4v) is 3.37. The number of hydrogen-bond acceptors (Lipinski definition) is 6. The van der Waals surface area contributed by atoms with Crippen molar-refractivity contribution in [2.24, 2.45) is 23.7 Å². The predicted octanol–water partition coefficient (Wildman–Crippen LogP) is -0.335. The fourth-order valence-electron chi connectivity index (χ4n) is 2.92. The van der Waals surface area contributed by atoms with Gasteiger partial charge in [-0.3, -0.25) is 4.79 Å². The van der Waals surface area contributed by atoms with Gasteiger partial charge in [0.05, 0.1) is 5.92 Å². The molecule has 18 heavy (non-hydrogen) atoms. The molecule has 1 heterocycles. The van der Waals surface area contributed by atoms with Crippen LogP contribution in [-0.2, 0) is 9.59 Å². The molecular formula is C11H10N3O3S-. The van der Waals surface area contributed by atoms with E-state index in [2.05, 4.69) is 15.5 Å². The number of allylic oxidation sites excluding steroid dienone is 2. The van der Waals surface area contributed by atoms with Crippen LogP contribution in [0.3, 0.4) is 0 Å². The monoisotopic (exact) mass is 264 g/mol. The highest BCUT2D eigenvalue weighted by atomic mass is 32.1. The lowest BCUT2D eigenvalue weighted by molar-refractivity contribution is -0.313. The van der Waals surface area contributed by atoms with Crippen molar-refractivity contribution in [3.05, 3.63) is 17.7 Å². The summed E-state index contributed by atoms with van der Waals surface area (Å²) in [6.07, 6.45) is 4.52. The molecule has 2 aliphatic rings. The minimum absolute atomic E-state index is 0.00850. The molecule has 0 aromatic carbocycles. The Labute approximate surface area is 107 Å². The molecule has 2 bridgehead atoms. The van der Waals surface area contributed by atoms with E-state index >= 15 is 0 Å². The van der Waals surface area contributed by atoms with Crippen molar-refractivity contribution in [1.82, 2.24) is 10.2 Å². The van der Waals surface area contributed by atoms with E-state index in [0.717, 1.165) is 0 Å². The Hall–Kier alpha value is -1.76. The van der Waals surface area contributed by atoms with Gasteiger partial charge in [0.25, 0.3) is 0 Å². The first kappa shape index (κ1) is 11.3. The number of fused-ring (bicyclic) bond motifs is 2. The van der Waals surface area contributed by atoms with Crippen molar-refractivity contribution < 1.29 is 14.7 Å². The molecule has 1 saturated carbocycles. The predicted molar refractivity (Wildman–Crippen MR) is 61.3 cm³/mol. The Morgan fingerprint density at radius 3 is 2.67 bits per heavy atom. The minimum atomic E-state index is -1.15. The molecule has 1 aromatic heterocycles. The summed E-state index contributed by atoms with van der Waals surface area (Å²) in [7, 11) is 0. The summed E-state index contributed by atoms with van der Waals surface area (Å²) in [4.78, 5) is 23.3. The highest BCUT2D eigenvalue weighted by Crippen LogP contribution is 2.48. The summed E-state index contributed by atoms with van der Waals surface area (Å²) in [6, 6.07) is 0. The first-order valence-electron chi connectivity index (χ1n) is 5.63. The lowest BCUT2D eigenvalue weighted by Crippen LogP contribution is -2.42. The Morgan fingerprint density at radius 1 is 1.33 bits per heavy atom. The molecule has 0 spiro atoms. The molecule has 94 valence electrons. The second-order valence-electron chi connectivity index (χ2n) is 4.55. The number of anilines is 1. The van der Waals surface area contributed by atoms with Gasteiger partial charge in [0, 0.05) is 11.9 Å². The van der Waals surface area contributed by atoms with Gasteiger partial charge in [-0.1, -0.05) is 23.5 Å². The van der Waals surface area contributed by atoms with Crippen LogP contribution in [0.2, 0.25) is 0 Å². The Morgan fingerprint density at radius 2 is 2.06 bits per heavy atom. The largest absolute Gasteiger partial charge is 0.550 e. The van der Waals surface area contributed by atoms with Gasteiger partial charge in [0.2, 0.25) is 11.0 Å². The van der Waals surface area contributed by atoms with E-state index in [4.69, 9.17) is 0 Å². The highest BCUT2D eigenvalue weighted by molar-refractivity contribution is 7.13. The van der Waals surface area contributed by atoms with Crippen LogP contribution in [0.1, 0.15) is 6.42 Å². The zero-order valence-electron chi connectivity index (χ0n) is 9.28. The zero-order valence-corrected chi connectivity index (χ0v) is 10.1. The second kappa shape index (κ2) is 4.16. The number of nitrogens with one attached hydrogen (secondary N) is 1. The molecule has 1 fully saturated rings. The number of carbonyl (C=O) groups excluding carboxylic acids is 2. The molecule has 0 saturated heterocycles. The molecule has 4 atom stereocenters. The maximum Gasteiger partial charge on any atom is 0.230 e. The minimum Gasteiger partial charge on any atom is -0.550 e. The van der Waals surface area contributed by atoms with Crippen LogP contribution in [0.15, 0.2) is 17.7 Å². The summed E-state index contributed by atoms with van der Waals surface area (Å²) in [5.41, 5.74) is 1.51. The van der Waals surface area contributed by atoms with E-state index in [0.29, 0.717) is 11.6 Å². The smallest absolute Gasteiger partial charge is 0.230 e. The van der Waals surface area contributed by atoms with Crippen LogP contribution in [0.25, 0.3) is 0 Å². The molecule has 4 unspecified atom stereocenters.